The topological polar surface area (TPSA) is 21.6 Å². The van der Waals surface area contributed by atoms with Crippen molar-refractivity contribution >= 4 is 34.3 Å². The molecular formula is C22H27NOS2. The molecule has 0 unspecified atom stereocenters. The van der Waals surface area contributed by atoms with Gasteiger partial charge >= 0.3 is 0 Å². The summed E-state index contributed by atoms with van der Waals surface area (Å²) in [4.78, 5) is 4.80. The lowest BCUT2D eigenvalue weighted by atomic mass is 10.2. The molecule has 0 radical (unpaired) electrons. The molecule has 0 saturated heterocycles. The minimum atomic E-state index is 0.642. The fraction of sp³-hybridized carbons (Fsp3) is 0.318. The number of hydrogen-bond donors (Lipinski definition) is 0. The van der Waals surface area contributed by atoms with Gasteiger partial charge in [-0.1, -0.05) is 43.7 Å². The monoisotopic (exact) mass is 385 g/mol. The number of ether oxygens (including phenoxy) is 1. The lowest BCUT2D eigenvalue weighted by Gasteiger charge is -2.05. The molecule has 2 rings (SSSR count). The third kappa shape index (κ3) is 7.71. The van der Waals surface area contributed by atoms with Gasteiger partial charge in [0.15, 0.2) is 0 Å². The molecule has 0 saturated carbocycles. The standard InChI is InChI=1S/C22H27NOS2/c1-17(2)15-26-22(23-20-9-5-18(3)6-10-20)13-14-25-16-19-7-11-21(24-4)12-8-19/h5-14,17H,15-16H2,1-4H3. The molecule has 0 N–H and O–H groups in total. The average molecular weight is 386 g/mol. The van der Waals surface area contributed by atoms with Gasteiger partial charge in [-0.15, -0.1) is 23.5 Å². The number of thioether (sulfide) groups is 2. The van der Waals surface area contributed by atoms with Crippen LogP contribution in [0.1, 0.15) is 25.0 Å². The van der Waals surface area contributed by atoms with Gasteiger partial charge in [-0.3, -0.25) is 0 Å². The van der Waals surface area contributed by atoms with E-state index in [0.29, 0.717) is 5.92 Å². The maximum Gasteiger partial charge on any atom is 0.118 e. The Balaban J connectivity index is 1.97. The van der Waals surface area contributed by atoms with E-state index in [0.717, 1.165) is 28.0 Å². The van der Waals surface area contributed by atoms with Crippen molar-refractivity contribution in [1.82, 2.24) is 0 Å². The lowest BCUT2D eigenvalue weighted by Crippen LogP contribution is -1.95. The zero-order chi connectivity index (χ0) is 18.8. The first-order valence-corrected chi connectivity index (χ1v) is 10.8. The van der Waals surface area contributed by atoms with Crippen LogP contribution in [0.25, 0.3) is 0 Å². The van der Waals surface area contributed by atoms with E-state index in [9.17, 15) is 0 Å². The van der Waals surface area contributed by atoms with Crippen molar-refractivity contribution in [2.45, 2.75) is 26.5 Å². The van der Waals surface area contributed by atoms with E-state index in [1.807, 2.05) is 23.9 Å². The van der Waals surface area contributed by atoms with Gasteiger partial charge in [0.1, 0.15) is 5.75 Å². The summed E-state index contributed by atoms with van der Waals surface area (Å²) in [6, 6.07) is 16.6. The maximum absolute atomic E-state index is 5.20. The molecule has 138 valence electrons. The summed E-state index contributed by atoms with van der Waals surface area (Å²) in [7, 11) is 1.69. The van der Waals surface area contributed by atoms with Gasteiger partial charge < -0.3 is 4.74 Å². The van der Waals surface area contributed by atoms with Gasteiger partial charge in [0.25, 0.3) is 0 Å². The summed E-state index contributed by atoms with van der Waals surface area (Å²) in [6.45, 7) is 6.56. The van der Waals surface area contributed by atoms with Crippen molar-refractivity contribution in [3.05, 3.63) is 71.1 Å². The summed E-state index contributed by atoms with van der Waals surface area (Å²) in [5.74, 6) is 3.54. The predicted molar refractivity (Wildman–Crippen MR) is 119 cm³/mol. The number of rotatable bonds is 8. The van der Waals surface area contributed by atoms with Gasteiger partial charge in [0, 0.05) is 11.5 Å². The fourth-order valence-corrected chi connectivity index (χ4v) is 3.72. The van der Waals surface area contributed by atoms with Crippen molar-refractivity contribution in [2.24, 2.45) is 10.9 Å². The van der Waals surface area contributed by atoms with Crippen LogP contribution in [0.2, 0.25) is 0 Å². The highest BCUT2D eigenvalue weighted by Gasteiger charge is 2.01. The number of benzene rings is 2. The van der Waals surface area contributed by atoms with Crippen LogP contribution in [-0.2, 0) is 5.75 Å². The Morgan fingerprint density at radius 1 is 1.08 bits per heavy atom. The van der Waals surface area contributed by atoms with Gasteiger partial charge in [-0.25, -0.2) is 4.99 Å². The van der Waals surface area contributed by atoms with Crippen molar-refractivity contribution in [2.75, 3.05) is 12.9 Å². The van der Waals surface area contributed by atoms with Crippen LogP contribution >= 0.6 is 23.5 Å². The summed E-state index contributed by atoms with van der Waals surface area (Å²) in [6.07, 6.45) is 2.13. The maximum atomic E-state index is 5.20. The molecule has 0 aromatic heterocycles. The largest absolute Gasteiger partial charge is 0.497 e. The Kier molecular flexibility index (Phi) is 8.86. The highest BCUT2D eigenvalue weighted by Crippen LogP contribution is 2.21. The molecule has 0 bridgehead atoms. The quantitative estimate of drug-likeness (QED) is 0.365. The molecule has 0 spiro atoms. The molecular weight excluding hydrogens is 358 g/mol. The second-order valence-corrected chi connectivity index (χ2v) is 8.39. The van der Waals surface area contributed by atoms with Crippen LogP contribution in [0.5, 0.6) is 5.75 Å². The highest BCUT2D eigenvalue weighted by atomic mass is 32.2. The molecule has 0 aliphatic heterocycles. The van der Waals surface area contributed by atoms with Crippen LogP contribution in [0.3, 0.4) is 0 Å². The molecule has 0 aliphatic carbocycles. The number of aryl methyl sites for hydroxylation is 1. The van der Waals surface area contributed by atoms with Gasteiger partial charge in [-0.05, 0) is 54.2 Å². The molecule has 2 nitrogen and oxygen atoms in total. The Hall–Kier alpha value is -1.65. The first-order chi connectivity index (χ1) is 12.6. The van der Waals surface area contributed by atoms with E-state index in [1.165, 1.54) is 11.1 Å². The van der Waals surface area contributed by atoms with Crippen molar-refractivity contribution in [1.29, 1.82) is 0 Å². The predicted octanol–water partition coefficient (Wildman–Crippen LogP) is 6.87. The van der Waals surface area contributed by atoms with E-state index in [2.05, 4.69) is 68.7 Å². The molecule has 2 aromatic rings. The molecule has 0 heterocycles. The summed E-state index contributed by atoms with van der Waals surface area (Å²) in [5.41, 5.74) is 3.55. The number of nitrogens with zero attached hydrogens (tertiary/aromatic N) is 1. The molecule has 26 heavy (non-hydrogen) atoms. The van der Waals surface area contributed by atoms with Gasteiger partial charge in [0.05, 0.1) is 17.8 Å². The normalized spacial score (nSPS) is 12.1. The first-order valence-electron chi connectivity index (χ1n) is 8.76. The molecule has 0 fully saturated rings. The summed E-state index contributed by atoms with van der Waals surface area (Å²) >= 11 is 3.59. The highest BCUT2D eigenvalue weighted by molar-refractivity contribution is 8.14. The third-order valence-corrected chi connectivity index (χ3v) is 5.74. The Morgan fingerprint density at radius 3 is 2.38 bits per heavy atom. The minimum Gasteiger partial charge on any atom is -0.497 e. The summed E-state index contributed by atoms with van der Waals surface area (Å²) < 4.78 is 5.20. The SMILES string of the molecule is COc1ccc(CSC=CC(=Nc2ccc(C)cc2)SCC(C)C)cc1. The number of aliphatic imine (C=N–C) groups is 1. The van der Waals surface area contributed by atoms with Gasteiger partial charge in [-0.2, -0.15) is 0 Å². The van der Waals surface area contributed by atoms with Crippen molar-refractivity contribution < 1.29 is 4.74 Å². The van der Waals surface area contributed by atoms with E-state index >= 15 is 0 Å². The van der Waals surface area contributed by atoms with E-state index in [4.69, 9.17) is 9.73 Å². The minimum absolute atomic E-state index is 0.642. The molecule has 4 heteroatoms. The van der Waals surface area contributed by atoms with Crippen molar-refractivity contribution in [3.63, 3.8) is 0 Å². The Bertz CT molecular complexity index is 719. The van der Waals surface area contributed by atoms with Crippen LogP contribution in [0, 0.1) is 12.8 Å². The van der Waals surface area contributed by atoms with Gasteiger partial charge in [0.2, 0.25) is 0 Å². The average Bonchev–Trinajstić information content (AvgIpc) is 2.65. The molecule has 0 amide bonds. The second-order valence-electron chi connectivity index (χ2n) is 6.45. The van der Waals surface area contributed by atoms with Crippen LogP contribution in [0.15, 0.2) is 65.0 Å². The second kappa shape index (κ2) is 11.1. The zero-order valence-electron chi connectivity index (χ0n) is 15.9. The van der Waals surface area contributed by atoms with Crippen LogP contribution in [0.4, 0.5) is 5.69 Å². The first kappa shape index (κ1) is 20.7. The summed E-state index contributed by atoms with van der Waals surface area (Å²) in [5, 5.41) is 3.20. The fourth-order valence-electron chi connectivity index (χ4n) is 2.09. The number of methoxy groups -OCH3 is 1. The van der Waals surface area contributed by atoms with E-state index < -0.39 is 0 Å². The molecule has 0 atom stereocenters. The van der Waals surface area contributed by atoms with E-state index in [1.54, 1.807) is 18.9 Å². The lowest BCUT2D eigenvalue weighted by molar-refractivity contribution is 0.414. The van der Waals surface area contributed by atoms with Crippen LogP contribution < -0.4 is 4.74 Å². The number of hydrogen-bond acceptors (Lipinski definition) is 4. The van der Waals surface area contributed by atoms with Crippen molar-refractivity contribution in [3.8, 4) is 5.75 Å². The van der Waals surface area contributed by atoms with Crippen LogP contribution in [-0.4, -0.2) is 17.9 Å². The zero-order valence-corrected chi connectivity index (χ0v) is 17.6. The van der Waals surface area contributed by atoms with E-state index in [-0.39, 0.29) is 0 Å². The molecule has 0 aliphatic rings. The molecule has 2 aromatic carbocycles. The Morgan fingerprint density at radius 2 is 1.77 bits per heavy atom. The third-order valence-electron chi connectivity index (χ3n) is 3.55. The Labute approximate surface area is 166 Å². The smallest absolute Gasteiger partial charge is 0.118 e.